The Morgan fingerprint density at radius 2 is 1.78 bits per heavy atom. The number of benzene rings is 2. The second-order valence-electron chi connectivity index (χ2n) is 5.69. The molecular formula is C21H16N2O3S. The standard InChI is InChI=1S/C21H16N2O3S/c22-13-15-8-10-17(11-9-15)21(25)26-14-19(24)23-20(18-7-4-12-27-18)16-5-2-1-3-6-16/h1-12,20H,14H2,(H,23,24)/t20-/m0/s1. The van der Waals surface area contributed by atoms with Crippen LogP contribution in [0.15, 0.2) is 72.1 Å². The predicted molar refractivity (Wildman–Crippen MR) is 102 cm³/mol. The Hall–Kier alpha value is -3.43. The number of nitrogens with zero attached hydrogens (tertiary/aromatic N) is 1. The molecule has 1 atom stereocenters. The quantitative estimate of drug-likeness (QED) is 0.666. The molecule has 3 aromatic rings. The van der Waals surface area contributed by atoms with E-state index in [1.54, 1.807) is 11.3 Å². The summed E-state index contributed by atoms with van der Waals surface area (Å²) >= 11 is 1.54. The number of amides is 1. The van der Waals surface area contributed by atoms with Gasteiger partial charge in [0.05, 0.1) is 23.2 Å². The van der Waals surface area contributed by atoms with Crippen LogP contribution in [-0.4, -0.2) is 18.5 Å². The number of rotatable bonds is 6. The summed E-state index contributed by atoms with van der Waals surface area (Å²) in [6.07, 6.45) is 0. The highest BCUT2D eigenvalue weighted by Crippen LogP contribution is 2.25. The minimum Gasteiger partial charge on any atom is -0.452 e. The van der Waals surface area contributed by atoms with Crippen LogP contribution in [0, 0.1) is 11.3 Å². The highest BCUT2D eigenvalue weighted by atomic mass is 32.1. The van der Waals surface area contributed by atoms with Crippen molar-refractivity contribution >= 4 is 23.2 Å². The van der Waals surface area contributed by atoms with Gasteiger partial charge >= 0.3 is 5.97 Å². The first kappa shape index (κ1) is 18.4. The fourth-order valence-corrected chi connectivity index (χ4v) is 3.32. The largest absolute Gasteiger partial charge is 0.452 e. The zero-order valence-electron chi connectivity index (χ0n) is 14.3. The number of thiophene rings is 1. The van der Waals surface area contributed by atoms with Crippen molar-refractivity contribution in [3.63, 3.8) is 0 Å². The van der Waals surface area contributed by atoms with Crippen LogP contribution in [0.2, 0.25) is 0 Å². The maximum atomic E-state index is 12.3. The predicted octanol–water partition coefficient (Wildman–Crippen LogP) is 3.68. The number of hydrogen-bond acceptors (Lipinski definition) is 5. The summed E-state index contributed by atoms with van der Waals surface area (Å²) in [6, 6.07) is 21.2. The van der Waals surface area contributed by atoms with Gasteiger partial charge in [-0.15, -0.1) is 11.3 Å². The Bertz CT molecular complexity index is 945. The Morgan fingerprint density at radius 1 is 1.04 bits per heavy atom. The van der Waals surface area contributed by atoms with Crippen molar-refractivity contribution in [3.05, 3.63) is 93.7 Å². The van der Waals surface area contributed by atoms with E-state index in [-0.39, 0.29) is 18.6 Å². The average molecular weight is 376 g/mol. The summed E-state index contributed by atoms with van der Waals surface area (Å²) in [5, 5.41) is 13.6. The molecule has 0 saturated carbocycles. The highest BCUT2D eigenvalue weighted by molar-refractivity contribution is 7.10. The van der Waals surface area contributed by atoms with Crippen molar-refractivity contribution in [1.82, 2.24) is 5.32 Å². The van der Waals surface area contributed by atoms with E-state index in [0.717, 1.165) is 10.4 Å². The summed E-state index contributed by atoms with van der Waals surface area (Å²) < 4.78 is 5.09. The molecule has 0 fully saturated rings. The average Bonchev–Trinajstić information content (AvgIpc) is 3.25. The molecule has 0 unspecified atom stereocenters. The first-order valence-electron chi connectivity index (χ1n) is 8.22. The first-order valence-corrected chi connectivity index (χ1v) is 9.10. The van der Waals surface area contributed by atoms with E-state index in [1.165, 1.54) is 24.3 Å². The van der Waals surface area contributed by atoms with Crippen LogP contribution in [-0.2, 0) is 9.53 Å². The molecule has 1 heterocycles. The molecule has 0 radical (unpaired) electrons. The van der Waals surface area contributed by atoms with Gasteiger partial charge in [-0.1, -0.05) is 36.4 Å². The second-order valence-corrected chi connectivity index (χ2v) is 6.67. The van der Waals surface area contributed by atoms with Gasteiger partial charge in [0.25, 0.3) is 5.91 Å². The van der Waals surface area contributed by atoms with Crippen molar-refractivity contribution < 1.29 is 14.3 Å². The van der Waals surface area contributed by atoms with Crippen molar-refractivity contribution in [2.24, 2.45) is 0 Å². The van der Waals surface area contributed by atoms with Gasteiger partial charge in [-0.05, 0) is 41.3 Å². The second kappa shape index (κ2) is 8.79. The van der Waals surface area contributed by atoms with Crippen LogP contribution in [0.4, 0.5) is 0 Å². The number of carbonyl (C=O) groups is 2. The molecule has 5 nitrogen and oxygen atoms in total. The summed E-state index contributed by atoms with van der Waals surface area (Å²) in [7, 11) is 0. The number of nitrogens with one attached hydrogen (secondary N) is 1. The molecular weight excluding hydrogens is 360 g/mol. The van der Waals surface area contributed by atoms with Crippen molar-refractivity contribution in [2.75, 3.05) is 6.61 Å². The number of carbonyl (C=O) groups excluding carboxylic acids is 2. The van der Waals surface area contributed by atoms with Crippen molar-refractivity contribution in [1.29, 1.82) is 5.26 Å². The van der Waals surface area contributed by atoms with Gasteiger partial charge in [0.1, 0.15) is 0 Å². The molecule has 6 heteroatoms. The van der Waals surface area contributed by atoms with E-state index in [9.17, 15) is 9.59 Å². The minimum absolute atomic E-state index is 0.291. The van der Waals surface area contributed by atoms with Gasteiger partial charge in [0, 0.05) is 4.88 Å². The molecule has 0 aliphatic heterocycles. The molecule has 0 spiro atoms. The molecule has 0 aliphatic carbocycles. The maximum Gasteiger partial charge on any atom is 0.338 e. The molecule has 3 rings (SSSR count). The number of nitriles is 1. The normalized spacial score (nSPS) is 11.2. The Labute approximate surface area is 160 Å². The van der Waals surface area contributed by atoms with Crippen LogP contribution in [0.25, 0.3) is 0 Å². The minimum atomic E-state index is -0.609. The van der Waals surface area contributed by atoms with Gasteiger partial charge in [-0.25, -0.2) is 4.79 Å². The SMILES string of the molecule is N#Cc1ccc(C(=O)OCC(=O)N[C@@H](c2ccccc2)c2cccs2)cc1. The lowest BCUT2D eigenvalue weighted by Gasteiger charge is -2.18. The van der Waals surface area contributed by atoms with Crippen LogP contribution in [0.3, 0.4) is 0 Å². The molecule has 0 aliphatic rings. The lowest BCUT2D eigenvalue weighted by Crippen LogP contribution is -2.32. The molecule has 2 aromatic carbocycles. The Morgan fingerprint density at radius 3 is 2.41 bits per heavy atom. The Balaban J connectivity index is 1.63. The molecule has 1 amide bonds. The van der Waals surface area contributed by atoms with E-state index in [4.69, 9.17) is 10.00 Å². The summed E-state index contributed by atoms with van der Waals surface area (Å²) in [6.45, 7) is -0.381. The molecule has 1 N–H and O–H groups in total. The fourth-order valence-electron chi connectivity index (χ4n) is 2.52. The van der Waals surface area contributed by atoms with E-state index in [1.807, 2.05) is 53.9 Å². The molecule has 134 valence electrons. The van der Waals surface area contributed by atoms with E-state index in [0.29, 0.717) is 11.1 Å². The van der Waals surface area contributed by atoms with Crippen molar-refractivity contribution in [3.8, 4) is 6.07 Å². The van der Waals surface area contributed by atoms with Crippen LogP contribution < -0.4 is 5.32 Å². The maximum absolute atomic E-state index is 12.3. The summed E-state index contributed by atoms with van der Waals surface area (Å²) in [5.74, 6) is -0.999. The molecule has 0 bridgehead atoms. The highest BCUT2D eigenvalue weighted by Gasteiger charge is 2.19. The Kier molecular flexibility index (Phi) is 5.98. The first-order chi connectivity index (χ1) is 13.2. The van der Waals surface area contributed by atoms with Gasteiger partial charge in [-0.2, -0.15) is 5.26 Å². The fraction of sp³-hybridized carbons (Fsp3) is 0.0952. The van der Waals surface area contributed by atoms with Crippen LogP contribution >= 0.6 is 11.3 Å². The third-order valence-corrected chi connectivity index (χ3v) is 4.79. The van der Waals surface area contributed by atoms with E-state index >= 15 is 0 Å². The summed E-state index contributed by atoms with van der Waals surface area (Å²) in [4.78, 5) is 25.4. The van der Waals surface area contributed by atoms with Gasteiger partial charge in [0.2, 0.25) is 0 Å². The summed E-state index contributed by atoms with van der Waals surface area (Å²) in [5.41, 5.74) is 1.69. The van der Waals surface area contributed by atoms with Crippen LogP contribution in [0.5, 0.6) is 0 Å². The zero-order chi connectivity index (χ0) is 19.1. The molecule has 1 aromatic heterocycles. The molecule has 0 saturated heterocycles. The third kappa shape index (κ3) is 4.81. The van der Waals surface area contributed by atoms with Crippen LogP contribution in [0.1, 0.15) is 32.4 Å². The number of ether oxygens (including phenoxy) is 1. The lowest BCUT2D eigenvalue weighted by atomic mass is 10.1. The molecule has 27 heavy (non-hydrogen) atoms. The van der Waals surface area contributed by atoms with E-state index < -0.39 is 5.97 Å². The topological polar surface area (TPSA) is 79.2 Å². The van der Waals surface area contributed by atoms with Gasteiger partial charge in [-0.3, -0.25) is 4.79 Å². The monoisotopic (exact) mass is 376 g/mol. The number of hydrogen-bond donors (Lipinski definition) is 1. The van der Waals surface area contributed by atoms with Crippen molar-refractivity contribution in [2.45, 2.75) is 6.04 Å². The third-order valence-electron chi connectivity index (χ3n) is 3.85. The number of esters is 1. The van der Waals surface area contributed by atoms with Gasteiger partial charge in [0.15, 0.2) is 6.61 Å². The smallest absolute Gasteiger partial charge is 0.338 e. The zero-order valence-corrected chi connectivity index (χ0v) is 15.1. The van der Waals surface area contributed by atoms with Gasteiger partial charge < -0.3 is 10.1 Å². The lowest BCUT2D eigenvalue weighted by molar-refractivity contribution is -0.124. The van der Waals surface area contributed by atoms with E-state index in [2.05, 4.69) is 5.32 Å².